The smallest absolute Gasteiger partial charge is 0.328 e. The Bertz CT molecular complexity index is 433. The van der Waals surface area contributed by atoms with Crippen molar-refractivity contribution in [3.63, 3.8) is 0 Å². The molecule has 1 aromatic rings. The molecule has 17 heavy (non-hydrogen) atoms. The number of carbonyl (C=O) groups is 2. The average molecular weight is 234 g/mol. The van der Waals surface area contributed by atoms with E-state index in [4.69, 9.17) is 5.11 Å². The molecule has 1 aliphatic rings. The zero-order chi connectivity index (χ0) is 12.4. The van der Waals surface area contributed by atoms with Crippen molar-refractivity contribution in [1.29, 1.82) is 0 Å². The van der Waals surface area contributed by atoms with Crippen molar-refractivity contribution in [1.82, 2.24) is 5.01 Å². The lowest BCUT2D eigenvalue weighted by molar-refractivity contribution is -0.148. The molecule has 2 rings (SSSR count). The van der Waals surface area contributed by atoms with Crippen molar-refractivity contribution in [3.8, 4) is 0 Å². The maximum atomic E-state index is 11.7. The van der Waals surface area contributed by atoms with Gasteiger partial charge in [-0.3, -0.25) is 9.80 Å². The van der Waals surface area contributed by atoms with Crippen molar-refractivity contribution in [2.75, 3.05) is 11.6 Å². The highest BCUT2D eigenvalue weighted by molar-refractivity contribution is 5.87. The molecule has 90 valence electrons. The van der Waals surface area contributed by atoms with Gasteiger partial charge in [0.05, 0.1) is 5.69 Å². The van der Waals surface area contributed by atoms with Gasteiger partial charge >= 0.3 is 5.97 Å². The first-order chi connectivity index (χ1) is 8.11. The number of carboxylic acids is 1. The fourth-order valence-electron chi connectivity index (χ4n) is 1.94. The molecular formula is C12H14N2O3. The van der Waals surface area contributed by atoms with E-state index in [1.54, 1.807) is 5.01 Å². The second-order valence-corrected chi connectivity index (χ2v) is 3.96. The van der Waals surface area contributed by atoms with Crippen LogP contribution in [0.1, 0.15) is 13.3 Å². The summed E-state index contributed by atoms with van der Waals surface area (Å²) in [5.74, 6) is -1.15. The summed E-state index contributed by atoms with van der Waals surface area (Å²) in [6.45, 7) is 2.04. The highest BCUT2D eigenvalue weighted by atomic mass is 16.4. The van der Waals surface area contributed by atoms with Crippen molar-refractivity contribution in [2.45, 2.75) is 19.4 Å². The first kappa shape index (κ1) is 11.4. The molecule has 1 aliphatic heterocycles. The van der Waals surface area contributed by atoms with Crippen LogP contribution in [0.15, 0.2) is 30.3 Å². The third-order valence-electron chi connectivity index (χ3n) is 2.83. The Labute approximate surface area is 99.2 Å². The Morgan fingerprint density at radius 2 is 2.00 bits per heavy atom. The van der Waals surface area contributed by atoms with Gasteiger partial charge in [0.25, 0.3) is 0 Å². The molecule has 0 spiro atoms. The Morgan fingerprint density at radius 1 is 1.35 bits per heavy atom. The normalized spacial score (nSPS) is 17.4. The topological polar surface area (TPSA) is 60.9 Å². The van der Waals surface area contributed by atoms with Crippen LogP contribution in [0.2, 0.25) is 0 Å². The summed E-state index contributed by atoms with van der Waals surface area (Å²) in [4.78, 5) is 22.7. The molecule has 0 saturated carbocycles. The van der Waals surface area contributed by atoms with Gasteiger partial charge in [-0.05, 0) is 19.1 Å². The molecule has 5 heteroatoms. The second-order valence-electron chi connectivity index (χ2n) is 3.96. The van der Waals surface area contributed by atoms with E-state index in [0.717, 1.165) is 5.69 Å². The first-order valence-corrected chi connectivity index (χ1v) is 5.48. The van der Waals surface area contributed by atoms with Gasteiger partial charge in [-0.25, -0.2) is 9.80 Å². The third-order valence-corrected chi connectivity index (χ3v) is 2.83. The largest absolute Gasteiger partial charge is 0.480 e. The molecule has 0 radical (unpaired) electrons. The number of hydrogen-bond donors (Lipinski definition) is 1. The summed E-state index contributed by atoms with van der Waals surface area (Å²) in [6, 6.07) is 8.49. The highest BCUT2D eigenvalue weighted by Gasteiger charge is 2.36. The van der Waals surface area contributed by atoms with Crippen LogP contribution in [0.3, 0.4) is 0 Å². The minimum Gasteiger partial charge on any atom is -0.480 e. The molecule has 0 bridgehead atoms. The lowest BCUT2D eigenvalue weighted by Crippen LogP contribution is -2.48. The molecule has 5 nitrogen and oxygen atoms in total. The number of hydrazine groups is 1. The van der Waals surface area contributed by atoms with Crippen LogP contribution in [0.4, 0.5) is 5.69 Å². The molecule has 0 aliphatic carbocycles. The second kappa shape index (κ2) is 4.45. The lowest BCUT2D eigenvalue weighted by Gasteiger charge is -2.32. The quantitative estimate of drug-likeness (QED) is 0.851. The maximum absolute atomic E-state index is 11.7. The van der Waals surface area contributed by atoms with Crippen LogP contribution in [0.5, 0.6) is 0 Å². The summed E-state index contributed by atoms with van der Waals surface area (Å²) < 4.78 is 0. The Morgan fingerprint density at radius 3 is 2.59 bits per heavy atom. The van der Waals surface area contributed by atoms with Crippen LogP contribution < -0.4 is 5.01 Å². The van der Waals surface area contributed by atoms with Crippen LogP contribution >= 0.6 is 0 Å². The minimum atomic E-state index is -0.999. The lowest BCUT2D eigenvalue weighted by atomic mass is 10.3. The predicted molar refractivity (Wildman–Crippen MR) is 62.3 cm³/mol. The van der Waals surface area contributed by atoms with Crippen molar-refractivity contribution in [2.24, 2.45) is 0 Å². The van der Waals surface area contributed by atoms with Crippen molar-refractivity contribution in [3.05, 3.63) is 30.3 Å². The first-order valence-electron chi connectivity index (χ1n) is 5.48. The van der Waals surface area contributed by atoms with E-state index in [1.165, 1.54) is 11.9 Å². The minimum absolute atomic E-state index is 0.149. The number of anilines is 1. The van der Waals surface area contributed by atoms with Gasteiger partial charge in [-0.1, -0.05) is 18.2 Å². The van der Waals surface area contributed by atoms with Crippen LogP contribution in [-0.2, 0) is 9.59 Å². The van der Waals surface area contributed by atoms with Gasteiger partial charge < -0.3 is 5.11 Å². The van der Waals surface area contributed by atoms with Gasteiger partial charge in [-0.2, -0.15) is 0 Å². The van der Waals surface area contributed by atoms with Gasteiger partial charge in [0, 0.05) is 13.0 Å². The van der Waals surface area contributed by atoms with Crippen LogP contribution in [-0.4, -0.2) is 34.6 Å². The predicted octanol–water partition coefficient (Wildman–Crippen LogP) is 1.11. The number of carboxylic acid groups (broad SMARTS) is 1. The molecular weight excluding hydrogens is 220 g/mol. The fourth-order valence-corrected chi connectivity index (χ4v) is 1.94. The monoisotopic (exact) mass is 234 g/mol. The number of carbonyl (C=O) groups excluding carboxylic acids is 1. The number of para-hydroxylation sites is 1. The van der Waals surface area contributed by atoms with Gasteiger partial charge in [0.2, 0.25) is 5.91 Å². The summed E-state index contributed by atoms with van der Waals surface area (Å²) in [5.41, 5.74) is 0.839. The summed E-state index contributed by atoms with van der Waals surface area (Å²) in [5, 5.41) is 12.0. The number of benzene rings is 1. The summed E-state index contributed by atoms with van der Waals surface area (Å²) in [6.07, 6.45) is 0.354. The fraction of sp³-hybridized carbons (Fsp3) is 0.333. The Kier molecular flexibility index (Phi) is 2.99. The zero-order valence-corrected chi connectivity index (χ0v) is 9.54. The number of hydrogen-bond acceptors (Lipinski definition) is 3. The van der Waals surface area contributed by atoms with E-state index in [1.807, 2.05) is 30.3 Å². The van der Waals surface area contributed by atoms with Crippen LogP contribution in [0.25, 0.3) is 0 Å². The van der Waals surface area contributed by atoms with Crippen LogP contribution in [0, 0.1) is 0 Å². The third kappa shape index (κ3) is 2.08. The molecule has 1 atom stereocenters. The van der Waals surface area contributed by atoms with Crippen molar-refractivity contribution < 1.29 is 14.7 Å². The molecule has 1 saturated heterocycles. The molecule has 1 heterocycles. The van der Waals surface area contributed by atoms with E-state index >= 15 is 0 Å². The number of nitrogens with zero attached hydrogens (tertiary/aromatic N) is 2. The molecule has 1 aromatic carbocycles. The van der Waals surface area contributed by atoms with Gasteiger partial charge in [0.15, 0.2) is 0 Å². The van der Waals surface area contributed by atoms with Gasteiger partial charge in [0.1, 0.15) is 6.04 Å². The maximum Gasteiger partial charge on any atom is 0.328 e. The molecule has 0 aromatic heterocycles. The van der Waals surface area contributed by atoms with E-state index in [2.05, 4.69) is 0 Å². The van der Waals surface area contributed by atoms with E-state index in [-0.39, 0.29) is 5.91 Å². The highest BCUT2D eigenvalue weighted by Crippen LogP contribution is 2.24. The molecule has 1 N–H and O–H groups in total. The number of amides is 1. The Balaban J connectivity index is 2.28. The van der Waals surface area contributed by atoms with Crippen molar-refractivity contribution >= 4 is 17.6 Å². The van der Waals surface area contributed by atoms with E-state index in [9.17, 15) is 9.59 Å². The average Bonchev–Trinajstić information content (AvgIpc) is 2.71. The van der Waals surface area contributed by atoms with E-state index < -0.39 is 12.0 Å². The summed E-state index contributed by atoms with van der Waals surface area (Å²) >= 11 is 0. The summed E-state index contributed by atoms with van der Waals surface area (Å²) in [7, 11) is 0. The Hall–Kier alpha value is -2.04. The molecule has 1 unspecified atom stereocenters. The zero-order valence-electron chi connectivity index (χ0n) is 9.54. The van der Waals surface area contributed by atoms with E-state index in [0.29, 0.717) is 13.0 Å². The standard InChI is InChI=1S/C12H14N2O3/c1-9(12(16)17)14-11(15)7-8-13(14)10-5-3-2-4-6-10/h2-6,9H,7-8H2,1H3,(H,16,17). The SMILES string of the molecule is CC(C(=O)O)N1C(=O)CCN1c1ccccc1. The van der Waals surface area contributed by atoms with Gasteiger partial charge in [-0.15, -0.1) is 0 Å². The molecule has 1 amide bonds. The number of aliphatic carboxylic acids is 1. The molecule has 1 fully saturated rings. The number of rotatable bonds is 3.